The minimum absolute atomic E-state index is 0.0176. The Hall–Kier alpha value is -4.29. The molecule has 1 aromatic heterocycles. The molecular weight excluding hydrogens is 2060 g/mol. The molecular formula is C84H143N3O33S15. The van der Waals surface area contributed by atoms with Crippen molar-refractivity contribution in [1.29, 1.82) is 0 Å². The van der Waals surface area contributed by atoms with Crippen LogP contribution in [0.1, 0.15) is 201 Å². The quantitative estimate of drug-likeness (QED) is 0.0125. The molecule has 0 aliphatic carbocycles. The zero-order valence-electron chi connectivity index (χ0n) is 79.6. The van der Waals surface area contributed by atoms with Crippen LogP contribution in [0, 0.1) is 16.2 Å². The van der Waals surface area contributed by atoms with Gasteiger partial charge in [0.25, 0.3) is 0 Å². The maximum atomic E-state index is 12.8. The lowest BCUT2D eigenvalue weighted by molar-refractivity contribution is -0.172. The molecule has 0 aromatic carbocycles. The van der Waals surface area contributed by atoms with Gasteiger partial charge in [0, 0.05) is 52.5 Å². The van der Waals surface area contributed by atoms with Crippen LogP contribution in [0.3, 0.4) is 0 Å². The van der Waals surface area contributed by atoms with Gasteiger partial charge in [-0.25, -0.2) is 28.1 Å². The Morgan fingerprint density at radius 3 is 0.511 bits per heavy atom. The molecule has 0 radical (unpaired) electrons. The van der Waals surface area contributed by atoms with Gasteiger partial charge in [0.15, 0.2) is 0 Å². The van der Waals surface area contributed by atoms with E-state index in [2.05, 4.69) is 189 Å². The zero-order chi connectivity index (χ0) is 105. The van der Waals surface area contributed by atoms with Crippen LogP contribution in [-0.2, 0) is 163 Å². The Morgan fingerprint density at radius 2 is 0.370 bits per heavy atom. The summed E-state index contributed by atoms with van der Waals surface area (Å²) in [6.07, 6.45) is 2.98. The van der Waals surface area contributed by atoms with E-state index in [1.807, 2.05) is 6.92 Å². The van der Waals surface area contributed by atoms with Crippen molar-refractivity contribution in [3.8, 4) is 0 Å². The number of hydrogen-bond donors (Lipinski definition) is 15. The number of thiol groups is 15. The van der Waals surface area contributed by atoms with E-state index < -0.39 is 137 Å². The first-order valence-corrected chi connectivity index (χ1v) is 50.8. The molecule has 0 saturated heterocycles. The number of unbranched alkanes of at least 4 members (excludes halogenated alkanes) is 1. The molecule has 0 spiro atoms. The van der Waals surface area contributed by atoms with Crippen molar-refractivity contribution < 1.29 is 143 Å². The van der Waals surface area contributed by atoms with E-state index in [0.717, 1.165) is 0 Å². The summed E-state index contributed by atoms with van der Waals surface area (Å²) in [6, 6.07) is 0. The average Bonchev–Trinajstić information content (AvgIpc) is 0.782. The second-order valence-corrected chi connectivity index (χ2v) is 45.2. The van der Waals surface area contributed by atoms with Crippen LogP contribution >= 0.6 is 189 Å². The van der Waals surface area contributed by atoms with E-state index in [9.17, 15) is 86.3 Å². The van der Waals surface area contributed by atoms with Gasteiger partial charge in [0.2, 0.25) is 0 Å². The number of hydrogen-bond acceptors (Lipinski definition) is 48. The fraction of sp³-hybridized carbons (Fsp3) is 0.786. The summed E-state index contributed by atoms with van der Waals surface area (Å²) in [5.41, 5.74) is -5.89. The van der Waals surface area contributed by atoms with E-state index in [-0.39, 0.29) is 234 Å². The number of esters is 15. The smallest absolute Gasteiger partial charge is 0.336 e. The minimum atomic E-state index is -1.30. The standard InChI is InChI=1S/C21H36O8S4.C18H27N3O9S3.C18H32O6S3.C17H30O6S3.C10H18O4S2/c1-13(30)5-17(22)26-9-21(10-27-18(23)6-14(2)31,11-28-19(24)7-15(3)32)12-29-20(25)8-16(4)33;1-10(31)13(22)28-7-4-19-16(25)20(5-8-29-14(23)11(2)32)18(27)21(17(19)26)6-9-30-15(24)12(3)33;1-5-18(9-22-15(19)6-12(2)25,10-23-16(20)7-13(3)26)11-24-17(21)8-14(4)27;1-11(24)5-14(18)21-8-17(4,9-22-15(19)6-12(2)25)10-23-16(20)7-13(3)26;1-7(15)9(11)13-5-3-4-6-14-10(12)8(2)16/h13-16,30-33H,5-12H2,1-4H3;10-12,31-33H,4-9H2,1-3H3;12-14,25-27H,5-11H2,1-4H3;11-13,24-26H,5-10H2,1-4H3;7-8,15-16H,3-6H2,1-2H3. The van der Waals surface area contributed by atoms with Gasteiger partial charge < -0.3 is 71.1 Å². The molecule has 0 aliphatic rings. The van der Waals surface area contributed by atoms with Gasteiger partial charge in [-0.05, 0) is 60.8 Å². The third-order valence-corrected chi connectivity index (χ3v) is 19.6. The van der Waals surface area contributed by atoms with E-state index in [0.29, 0.717) is 46.2 Å². The van der Waals surface area contributed by atoms with Gasteiger partial charge >= 0.3 is 107 Å². The molecule has 0 fully saturated rings. The van der Waals surface area contributed by atoms with Crippen LogP contribution in [-0.4, -0.2) is 281 Å². The number of rotatable bonds is 60. The number of aromatic nitrogens is 3. The van der Waals surface area contributed by atoms with Gasteiger partial charge in [-0.1, -0.05) is 76.2 Å². The SMILES string of the molecule is CC(S)C(=O)OCCCCOC(=O)C(C)S.CC(S)C(=O)OCCn1c(=O)n(CCOC(=O)C(C)S)c(=O)n(CCOC(=O)C(C)S)c1=O.CC(S)CC(=O)OCC(C)(COC(=O)CC(C)S)COC(=O)CC(C)S.CC(S)CC(=O)OCC(COC(=O)CC(C)S)(COC(=O)CC(C)S)COC(=O)CC(C)S.CCC(COC(=O)CC(C)S)(COC(=O)CC(C)S)COC(=O)CC(C)S. The molecule has 15 unspecified atom stereocenters. The lowest BCUT2D eigenvalue weighted by Crippen LogP contribution is -2.55. The number of ether oxygens (including phenoxy) is 15. The van der Waals surface area contributed by atoms with Crippen molar-refractivity contribution >= 4 is 279 Å². The molecule has 0 N–H and O–H groups in total. The molecule has 135 heavy (non-hydrogen) atoms. The van der Waals surface area contributed by atoms with E-state index >= 15 is 0 Å². The predicted molar refractivity (Wildman–Crippen MR) is 559 cm³/mol. The van der Waals surface area contributed by atoms with E-state index in [1.165, 1.54) is 20.8 Å². The summed E-state index contributed by atoms with van der Waals surface area (Å²) in [5.74, 6) is -7.22. The summed E-state index contributed by atoms with van der Waals surface area (Å²) in [4.78, 5) is 214. The highest BCUT2D eigenvalue weighted by atomic mass is 32.1. The van der Waals surface area contributed by atoms with Crippen molar-refractivity contribution in [3.63, 3.8) is 0 Å². The molecule has 0 bridgehead atoms. The number of nitrogens with zero attached hydrogens (tertiary/aromatic N) is 3. The van der Waals surface area contributed by atoms with Crippen LogP contribution < -0.4 is 17.1 Å². The maximum Gasteiger partial charge on any atom is 0.336 e. The third kappa shape index (κ3) is 73.5. The summed E-state index contributed by atoms with van der Waals surface area (Å²) in [7, 11) is 0. The molecule has 1 aromatic rings. The minimum Gasteiger partial charge on any atom is -0.465 e. The van der Waals surface area contributed by atoms with Crippen molar-refractivity contribution in [2.75, 3.05) is 99.1 Å². The lowest BCUT2D eigenvalue weighted by atomic mass is 9.88. The molecule has 15 atom stereocenters. The van der Waals surface area contributed by atoms with Crippen LogP contribution in [0.15, 0.2) is 14.4 Å². The van der Waals surface area contributed by atoms with Crippen LogP contribution in [0.5, 0.6) is 0 Å². The fourth-order valence-corrected chi connectivity index (χ4v) is 11.2. The second-order valence-electron chi connectivity index (χ2n) is 32.5. The van der Waals surface area contributed by atoms with Gasteiger partial charge in [-0.15, -0.1) is 0 Å². The molecule has 782 valence electrons. The van der Waals surface area contributed by atoms with E-state index in [1.54, 1.807) is 90.0 Å². The molecule has 0 amide bonds. The van der Waals surface area contributed by atoms with Gasteiger partial charge in [-0.2, -0.15) is 189 Å². The zero-order valence-corrected chi connectivity index (χ0v) is 93.0. The highest BCUT2D eigenvalue weighted by molar-refractivity contribution is 7.83. The van der Waals surface area contributed by atoms with Crippen LogP contribution in [0.25, 0.3) is 0 Å². The molecule has 1 heterocycles. The first kappa shape index (κ1) is 137. The van der Waals surface area contributed by atoms with Gasteiger partial charge in [-0.3, -0.25) is 71.9 Å². The van der Waals surface area contributed by atoms with Crippen LogP contribution in [0.4, 0.5) is 0 Å². The number of carbonyl (C=O) groups excluding carboxylic acids is 15. The highest BCUT2D eigenvalue weighted by Gasteiger charge is 2.40. The average molecular weight is 2200 g/mol. The summed E-state index contributed by atoms with van der Waals surface area (Å²) in [5, 5.41) is -4.61. The molecule has 0 aliphatic heterocycles. The fourth-order valence-electron chi connectivity index (χ4n) is 9.33. The largest absolute Gasteiger partial charge is 0.465 e. The molecule has 0 saturated carbocycles. The first-order valence-electron chi connectivity index (χ1n) is 43.0. The van der Waals surface area contributed by atoms with Crippen molar-refractivity contribution in [2.24, 2.45) is 16.2 Å². The lowest BCUT2D eigenvalue weighted by Gasteiger charge is -2.32. The van der Waals surface area contributed by atoms with Crippen molar-refractivity contribution in [3.05, 3.63) is 31.5 Å². The van der Waals surface area contributed by atoms with Crippen molar-refractivity contribution in [2.45, 2.75) is 300 Å². The number of carbonyl (C=O) groups is 15. The summed E-state index contributed by atoms with van der Waals surface area (Å²) >= 11 is 61.3. The predicted octanol–water partition coefficient (Wildman–Crippen LogP) is 9.11. The highest BCUT2D eigenvalue weighted by Crippen LogP contribution is 2.28. The Kier molecular flexibility index (Phi) is 77.5. The Balaban J connectivity index is -0.000000808. The van der Waals surface area contributed by atoms with Gasteiger partial charge in [0.05, 0.1) is 134 Å². The third-order valence-electron chi connectivity index (χ3n) is 16.7. The molecule has 36 nitrogen and oxygen atoms in total. The first-order chi connectivity index (χ1) is 62.5. The molecule has 1 rings (SSSR count). The van der Waals surface area contributed by atoms with Crippen molar-refractivity contribution in [1.82, 2.24) is 13.7 Å². The summed E-state index contributed by atoms with van der Waals surface area (Å²) in [6.45, 7) is 26.3. The maximum absolute atomic E-state index is 12.8. The normalized spacial score (nSPS) is 15.6. The Labute approximate surface area is 874 Å². The topological polar surface area (TPSA) is 461 Å². The summed E-state index contributed by atoms with van der Waals surface area (Å²) < 4.78 is 79.8. The monoisotopic (exact) mass is 2200 g/mol. The molecule has 51 heteroatoms. The Morgan fingerprint density at radius 1 is 0.230 bits per heavy atom. The van der Waals surface area contributed by atoms with Gasteiger partial charge in [0.1, 0.15) is 91.3 Å². The second kappa shape index (κ2) is 76.4. The van der Waals surface area contributed by atoms with E-state index in [4.69, 9.17) is 71.1 Å². The Bertz CT molecular complexity index is 3510. The van der Waals surface area contributed by atoms with Crippen LogP contribution in [0.2, 0.25) is 0 Å².